The Hall–Kier alpha value is -2.62. The summed E-state index contributed by atoms with van der Waals surface area (Å²) in [7, 11) is 0. The van der Waals surface area contributed by atoms with E-state index in [-0.39, 0.29) is 5.69 Å². The van der Waals surface area contributed by atoms with Gasteiger partial charge in [0.1, 0.15) is 5.82 Å². The van der Waals surface area contributed by atoms with Crippen LogP contribution in [0.2, 0.25) is 0 Å². The van der Waals surface area contributed by atoms with Gasteiger partial charge in [0.25, 0.3) is 0 Å². The molecule has 0 atom stereocenters. The van der Waals surface area contributed by atoms with Crippen LogP contribution in [0, 0.1) is 6.92 Å². The van der Waals surface area contributed by atoms with Crippen LogP contribution in [0.3, 0.4) is 0 Å². The second-order valence-corrected chi connectivity index (χ2v) is 4.37. The number of carbonyl (C=O) groups is 1. The van der Waals surface area contributed by atoms with Crippen LogP contribution in [0.15, 0.2) is 48.7 Å². The van der Waals surface area contributed by atoms with Gasteiger partial charge in [0.2, 0.25) is 0 Å². The van der Waals surface area contributed by atoms with Gasteiger partial charge in [0, 0.05) is 11.8 Å². The summed E-state index contributed by atoms with van der Waals surface area (Å²) < 4.78 is 1.83. The summed E-state index contributed by atoms with van der Waals surface area (Å²) in [4.78, 5) is 15.6. The fourth-order valence-corrected chi connectivity index (χ4v) is 2.25. The van der Waals surface area contributed by atoms with Crippen LogP contribution in [-0.4, -0.2) is 20.5 Å². The number of fused-ring (bicyclic) bond motifs is 1. The molecule has 3 aromatic rings. The lowest BCUT2D eigenvalue weighted by molar-refractivity contribution is 0.0693. The van der Waals surface area contributed by atoms with Crippen LogP contribution in [0.4, 0.5) is 0 Å². The molecule has 0 unspecified atom stereocenters. The number of benzene rings is 1. The normalized spacial score (nSPS) is 10.8. The minimum Gasteiger partial charge on any atom is -0.476 e. The van der Waals surface area contributed by atoms with Crippen molar-refractivity contribution in [2.45, 2.75) is 6.92 Å². The van der Waals surface area contributed by atoms with Crippen LogP contribution in [-0.2, 0) is 0 Å². The summed E-state index contributed by atoms with van der Waals surface area (Å²) in [6.07, 6.45) is 1.84. The number of rotatable bonds is 2. The molecule has 0 aliphatic heterocycles. The molecule has 0 aliphatic carbocycles. The summed E-state index contributed by atoms with van der Waals surface area (Å²) in [5.41, 5.74) is 2.54. The molecule has 0 saturated heterocycles. The number of aromatic carboxylic acids is 1. The average Bonchev–Trinajstić information content (AvgIpc) is 2.81. The average molecular weight is 252 g/mol. The third-order valence-electron chi connectivity index (χ3n) is 3.10. The maximum Gasteiger partial charge on any atom is 0.356 e. The SMILES string of the molecule is Cc1cccn2c(-c3ccccc3)nc(C(=O)O)c12. The first kappa shape index (κ1) is 11.5. The van der Waals surface area contributed by atoms with E-state index in [0.717, 1.165) is 11.1 Å². The fraction of sp³-hybridized carbons (Fsp3) is 0.0667. The molecule has 0 spiro atoms. The minimum absolute atomic E-state index is 0.0944. The molecule has 4 heteroatoms. The lowest BCUT2D eigenvalue weighted by Gasteiger charge is -2.02. The highest BCUT2D eigenvalue weighted by atomic mass is 16.4. The molecule has 2 aromatic heterocycles. The summed E-state index contributed by atoms with van der Waals surface area (Å²) in [5, 5.41) is 9.29. The molecule has 94 valence electrons. The fourth-order valence-electron chi connectivity index (χ4n) is 2.25. The summed E-state index contributed by atoms with van der Waals surface area (Å²) in [5.74, 6) is -0.356. The number of carboxylic acid groups (broad SMARTS) is 1. The van der Waals surface area contributed by atoms with E-state index in [1.54, 1.807) is 0 Å². The van der Waals surface area contributed by atoms with Gasteiger partial charge in [0.05, 0.1) is 5.52 Å². The van der Waals surface area contributed by atoms with E-state index in [0.29, 0.717) is 11.3 Å². The molecular weight excluding hydrogens is 240 g/mol. The van der Waals surface area contributed by atoms with E-state index < -0.39 is 5.97 Å². The number of aryl methyl sites for hydroxylation is 1. The zero-order chi connectivity index (χ0) is 13.4. The third kappa shape index (κ3) is 1.78. The molecule has 0 radical (unpaired) electrons. The first-order chi connectivity index (χ1) is 9.18. The molecular formula is C15H12N2O2. The number of hydrogen-bond acceptors (Lipinski definition) is 2. The minimum atomic E-state index is -1.01. The number of pyridine rings is 1. The lowest BCUT2D eigenvalue weighted by atomic mass is 10.2. The molecule has 19 heavy (non-hydrogen) atoms. The predicted octanol–water partition coefficient (Wildman–Crippen LogP) is 3.01. The topological polar surface area (TPSA) is 54.6 Å². The maximum atomic E-state index is 11.3. The Morgan fingerprint density at radius 3 is 2.58 bits per heavy atom. The van der Waals surface area contributed by atoms with Crippen LogP contribution in [0.25, 0.3) is 16.9 Å². The Kier molecular flexibility index (Phi) is 2.56. The van der Waals surface area contributed by atoms with Crippen LogP contribution in [0.5, 0.6) is 0 Å². The van der Waals surface area contributed by atoms with Crippen molar-refractivity contribution in [3.05, 3.63) is 59.9 Å². The van der Waals surface area contributed by atoms with Crippen molar-refractivity contribution in [3.8, 4) is 11.4 Å². The summed E-state index contributed by atoms with van der Waals surface area (Å²) in [6, 6.07) is 13.4. The highest BCUT2D eigenvalue weighted by molar-refractivity contribution is 5.96. The van der Waals surface area contributed by atoms with E-state index in [2.05, 4.69) is 4.98 Å². The first-order valence-electron chi connectivity index (χ1n) is 5.95. The smallest absolute Gasteiger partial charge is 0.356 e. The quantitative estimate of drug-likeness (QED) is 0.762. The van der Waals surface area contributed by atoms with Crippen LogP contribution >= 0.6 is 0 Å². The lowest BCUT2D eigenvalue weighted by Crippen LogP contribution is -1.98. The van der Waals surface area contributed by atoms with Crippen molar-refractivity contribution in [2.75, 3.05) is 0 Å². The molecule has 0 aliphatic rings. The summed E-state index contributed by atoms with van der Waals surface area (Å²) in [6.45, 7) is 1.89. The Balaban J connectivity index is 2.39. The van der Waals surface area contributed by atoms with Gasteiger partial charge in [-0.2, -0.15) is 0 Å². The van der Waals surface area contributed by atoms with Crippen LogP contribution in [0.1, 0.15) is 16.1 Å². The highest BCUT2D eigenvalue weighted by Gasteiger charge is 2.18. The Bertz CT molecular complexity index is 760. The van der Waals surface area contributed by atoms with Gasteiger partial charge in [-0.25, -0.2) is 9.78 Å². The Labute approximate surface area is 110 Å². The van der Waals surface area contributed by atoms with E-state index >= 15 is 0 Å². The van der Waals surface area contributed by atoms with E-state index in [1.165, 1.54) is 0 Å². The zero-order valence-corrected chi connectivity index (χ0v) is 10.4. The number of hydrogen-bond donors (Lipinski definition) is 1. The van der Waals surface area contributed by atoms with Gasteiger partial charge < -0.3 is 5.11 Å². The zero-order valence-electron chi connectivity index (χ0n) is 10.4. The van der Waals surface area contributed by atoms with Gasteiger partial charge in [-0.05, 0) is 18.6 Å². The number of aromatic nitrogens is 2. The van der Waals surface area contributed by atoms with Crippen LogP contribution < -0.4 is 0 Å². The van der Waals surface area contributed by atoms with Gasteiger partial charge in [-0.15, -0.1) is 0 Å². The third-order valence-corrected chi connectivity index (χ3v) is 3.10. The molecule has 3 rings (SSSR count). The Morgan fingerprint density at radius 1 is 1.16 bits per heavy atom. The largest absolute Gasteiger partial charge is 0.476 e. The highest BCUT2D eigenvalue weighted by Crippen LogP contribution is 2.24. The van der Waals surface area contributed by atoms with Gasteiger partial charge in [-0.3, -0.25) is 4.40 Å². The van der Waals surface area contributed by atoms with Crippen molar-refractivity contribution in [3.63, 3.8) is 0 Å². The van der Waals surface area contributed by atoms with Crippen molar-refractivity contribution in [2.24, 2.45) is 0 Å². The summed E-state index contributed by atoms with van der Waals surface area (Å²) >= 11 is 0. The number of carboxylic acids is 1. The second-order valence-electron chi connectivity index (χ2n) is 4.37. The molecule has 1 aromatic carbocycles. The molecule has 2 heterocycles. The standard InChI is InChI=1S/C15H12N2O2/c1-10-6-5-9-17-13(10)12(15(18)19)16-14(17)11-7-3-2-4-8-11/h2-9H,1H3,(H,18,19). The molecule has 1 N–H and O–H groups in total. The molecule has 4 nitrogen and oxygen atoms in total. The van der Waals surface area contributed by atoms with Crippen molar-refractivity contribution < 1.29 is 9.90 Å². The van der Waals surface area contributed by atoms with Crippen molar-refractivity contribution >= 4 is 11.5 Å². The van der Waals surface area contributed by atoms with E-state index in [1.807, 2.05) is 60.0 Å². The second kappa shape index (κ2) is 4.24. The van der Waals surface area contributed by atoms with Gasteiger partial charge in [0.15, 0.2) is 5.69 Å². The predicted molar refractivity (Wildman–Crippen MR) is 72.3 cm³/mol. The Morgan fingerprint density at radius 2 is 1.89 bits per heavy atom. The first-order valence-corrected chi connectivity index (χ1v) is 5.95. The molecule has 0 bridgehead atoms. The monoisotopic (exact) mass is 252 g/mol. The van der Waals surface area contributed by atoms with E-state index in [4.69, 9.17) is 0 Å². The molecule has 0 saturated carbocycles. The maximum absolute atomic E-state index is 11.3. The number of imidazole rings is 1. The molecule has 0 fully saturated rings. The molecule has 0 amide bonds. The van der Waals surface area contributed by atoms with Crippen molar-refractivity contribution in [1.82, 2.24) is 9.38 Å². The van der Waals surface area contributed by atoms with Crippen molar-refractivity contribution in [1.29, 1.82) is 0 Å². The van der Waals surface area contributed by atoms with Gasteiger partial charge >= 0.3 is 5.97 Å². The number of nitrogens with zero attached hydrogens (tertiary/aromatic N) is 2. The van der Waals surface area contributed by atoms with Gasteiger partial charge in [-0.1, -0.05) is 36.4 Å². The van der Waals surface area contributed by atoms with E-state index in [9.17, 15) is 9.90 Å².